The average Bonchev–Trinajstić information content (AvgIpc) is 2.43. The highest BCUT2D eigenvalue weighted by molar-refractivity contribution is 14.1. The molecule has 112 valence electrons. The fourth-order valence-electron chi connectivity index (χ4n) is 2.29. The van der Waals surface area contributed by atoms with Crippen molar-refractivity contribution in [2.24, 2.45) is 5.92 Å². The summed E-state index contributed by atoms with van der Waals surface area (Å²) in [5, 5.41) is 0.545. The van der Waals surface area contributed by atoms with Crippen LogP contribution in [0.25, 0.3) is 0 Å². The predicted molar refractivity (Wildman–Crippen MR) is 89.1 cm³/mol. The molecule has 2 rings (SSSR count). The fourth-order valence-corrected chi connectivity index (χ4v) is 2.95. The average molecular weight is 410 g/mol. The molecule has 1 aromatic rings. The van der Waals surface area contributed by atoms with Crippen LogP contribution in [0.15, 0.2) is 0 Å². The molecule has 0 bridgehead atoms. The quantitative estimate of drug-likeness (QED) is 0.565. The van der Waals surface area contributed by atoms with Gasteiger partial charge in [-0.25, -0.2) is 9.97 Å². The second kappa shape index (κ2) is 7.33. The Kier molecular flexibility index (Phi) is 6.01. The highest BCUT2D eigenvalue weighted by Gasteiger charge is 2.25. The van der Waals surface area contributed by atoms with E-state index >= 15 is 0 Å². The van der Waals surface area contributed by atoms with E-state index < -0.39 is 0 Å². The molecule has 0 aliphatic carbocycles. The van der Waals surface area contributed by atoms with Crippen molar-refractivity contribution in [1.29, 1.82) is 0 Å². The predicted octanol–water partition coefficient (Wildman–Crippen LogP) is 3.33. The van der Waals surface area contributed by atoms with Crippen molar-refractivity contribution in [3.05, 3.63) is 20.2 Å². The van der Waals surface area contributed by atoms with Gasteiger partial charge in [-0.05, 0) is 41.5 Å². The maximum absolute atomic E-state index is 6.26. The van der Waals surface area contributed by atoms with E-state index in [-0.39, 0.29) is 6.10 Å². The number of rotatable bonds is 4. The summed E-state index contributed by atoms with van der Waals surface area (Å²) in [6.45, 7) is 10.1. The Balaban J connectivity index is 2.25. The molecule has 0 spiro atoms. The van der Waals surface area contributed by atoms with Crippen LogP contribution in [-0.2, 0) is 11.2 Å². The Labute approximate surface area is 139 Å². The lowest BCUT2D eigenvalue weighted by Gasteiger charge is -2.31. The summed E-state index contributed by atoms with van der Waals surface area (Å²) in [4.78, 5) is 11.5. The van der Waals surface area contributed by atoms with Crippen molar-refractivity contribution in [3.8, 4) is 0 Å². The minimum absolute atomic E-state index is 0.0656. The van der Waals surface area contributed by atoms with Crippen LogP contribution < -0.4 is 0 Å². The van der Waals surface area contributed by atoms with E-state index in [2.05, 4.69) is 53.2 Å². The molecule has 4 nitrogen and oxygen atoms in total. The SMILES string of the molecule is CCN1CCOC(c2nc(Cl)c(I)c(CC(C)C)n2)C1. The molecular formula is C14H21ClIN3O. The third-order valence-corrected chi connectivity index (χ3v) is 5.11. The zero-order valence-electron chi connectivity index (χ0n) is 12.2. The number of nitrogens with zero attached hydrogens (tertiary/aromatic N) is 3. The van der Waals surface area contributed by atoms with E-state index in [1.807, 2.05) is 0 Å². The van der Waals surface area contributed by atoms with Crippen molar-refractivity contribution in [1.82, 2.24) is 14.9 Å². The molecule has 1 unspecified atom stereocenters. The standard InChI is InChI=1S/C14H21ClIN3O/c1-4-19-5-6-20-11(8-19)14-17-10(7-9(2)3)12(16)13(15)18-14/h9,11H,4-8H2,1-3H3. The molecule has 1 fully saturated rings. The lowest BCUT2D eigenvalue weighted by Crippen LogP contribution is -2.38. The first-order valence-electron chi connectivity index (χ1n) is 7.07. The monoisotopic (exact) mass is 409 g/mol. The van der Waals surface area contributed by atoms with Crippen molar-refractivity contribution in [2.75, 3.05) is 26.2 Å². The van der Waals surface area contributed by atoms with Gasteiger partial charge in [0.1, 0.15) is 11.3 Å². The van der Waals surface area contributed by atoms with E-state index in [0.29, 0.717) is 11.1 Å². The lowest BCUT2D eigenvalue weighted by atomic mass is 10.1. The molecule has 1 aliphatic heterocycles. The van der Waals surface area contributed by atoms with Gasteiger partial charge < -0.3 is 4.74 Å². The van der Waals surface area contributed by atoms with Gasteiger partial charge >= 0.3 is 0 Å². The summed E-state index contributed by atoms with van der Waals surface area (Å²) >= 11 is 8.49. The molecule has 0 saturated carbocycles. The Morgan fingerprint density at radius 2 is 2.20 bits per heavy atom. The minimum Gasteiger partial charge on any atom is -0.368 e. The molecule has 0 amide bonds. The summed E-state index contributed by atoms with van der Waals surface area (Å²) in [6.07, 6.45) is 0.849. The van der Waals surface area contributed by atoms with Crippen molar-refractivity contribution >= 4 is 34.2 Å². The number of ether oxygens (including phenoxy) is 1. The summed E-state index contributed by atoms with van der Waals surface area (Å²) < 4.78 is 6.79. The van der Waals surface area contributed by atoms with Crippen molar-refractivity contribution in [2.45, 2.75) is 33.3 Å². The zero-order chi connectivity index (χ0) is 14.7. The van der Waals surface area contributed by atoms with Gasteiger partial charge in [-0.3, -0.25) is 4.90 Å². The zero-order valence-corrected chi connectivity index (χ0v) is 15.1. The van der Waals surface area contributed by atoms with Gasteiger partial charge in [-0.2, -0.15) is 0 Å². The summed E-state index contributed by atoms with van der Waals surface area (Å²) in [7, 11) is 0. The van der Waals surface area contributed by atoms with Gasteiger partial charge in [0.05, 0.1) is 15.9 Å². The maximum Gasteiger partial charge on any atom is 0.160 e. The smallest absolute Gasteiger partial charge is 0.160 e. The summed E-state index contributed by atoms with van der Waals surface area (Å²) in [6, 6.07) is 0. The van der Waals surface area contributed by atoms with E-state index in [1.165, 1.54) is 0 Å². The number of halogens is 2. The van der Waals surface area contributed by atoms with Crippen LogP contribution in [0.2, 0.25) is 5.15 Å². The second-order valence-electron chi connectivity index (χ2n) is 5.48. The van der Waals surface area contributed by atoms with Crippen LogP contribution in [0, 0.1) is 9.49 Å². The first-order chi connectivity index (χ1) is 9.51. The van der Waals surface area contributed by atoms with Crippen LogP contribution in [0.4, 0.5) is 0 Å². The number of hydrogen-bond acceptors (Lipinski definition) is 4. The molecule has 20 heavy (non-hydrogen) atoms. The van der Waals surface area contributed by atoms with Crippen molar-refractivity contribution < 1.29 is 4.74 Å². The summed E-state index contributed by atoms with van der Waals surface area (Å²) in [5.41, 5.74) is 1.04. The van der Waals surface area contributed by atoms with Gasteiger partial charge in [0.25, 0.3) is 0 Å². The van der Waals surface area contributed by atoms with Gasteiger partial charge in [0.2, 0.25) is 0 Å². The van der Waals surface area contributed by atoms with Crippen LogP contribution in [0.3, 0.4) is 0 Å². The topological polar surface area (TPSA) is 38.2 Å². The van der Waals surface area contributed by atoms with Crippen LogP contribution in [-0.4, -0.2) is 41.1 Å². The lowest BCUT2D eigenvalue weighted by molar-refractivity contribution is -0.0327. The Morgan fingerprint density at radius 1 is 1.45 bits per heavy atom. The van der Waals surface area contributed by atoms with Crippen LogP contribution in [0.5, 0.6) is 0 Å². The number of hydrogen-bond donors (Lipinski definition) is 0. The number of aromatic nitrogens is 2. The Bertz CT molecular complexity index is 470. The molecule has 0 N–H and O–H groups in total. The van der Waals surface area contributed by atoms with E-state index in [9.17, 15) is 0 Å². The van der Waals surface area contributed by atoms with Crippen LogP contribution >= 0.6 is 34.2 Å². The Hall–Kier alpha value is 0.0200. The molecule has 0 radical (unpaired) electrons. The maximum atomic E-state index is 6.26. The summed E-state index contributed by atoms with van der Waals surface area (Å²) in [5.74, 6) is 1.27. The molecule has 0 aromatic carbocycles. The molecular weight excluding hydrogens is 389 g/mol. The molecule has 1 atom stereocenters. The largest absolute Gasteiger partial charge is 0.368 e. The van der Waals surface area contributed by atoms with E-state index in [0.717, 1.165) is 47.8 Å². The van der Waals surface area contributed by atoms with Gasteiger partial charge in [0, 0.05) is 13.1 Å². The third-order valence-electron chi connectivity index (χ3n) is 3.38. The van der Waals surface area contributed by atoms with Crippen molar-refractivity contribution in [3.63, 3.8) is 0 Å². The third kappa shape index (κ3) is 4.02. The molecule has 2 heterocycles. The first kappa shape index (κ1) is 16.4. The molecule has 1 aromatic heterocycles. The highest BCUT2D eigenvalue weighted by atomic mass is 127. The molecule has 6 heteroatoms. The second-order valence-corrected chi connectivity index (χ2v) is 6.92. The number of morpholine rings is 1. The minimum atomic E-state index is -0.0656. The number of likely N-dealkylation sites (N-methyl/N-ethyl adjacent to an activating group) is 1. The first-order valence-corrected chi connectivity index (χ1v) is 8.52. The molecule has 1 aliphatic rings. The highest BCUT2D eigenvalue weighted by Crippen LogP contribution is 2.26. The van der Waals surface area contributed by atoms with Gasteiger partial charge in [-0.15, -0.1) is 0 Å². The fraction of sp³-hybridized carbons (Fsp3) is 0.714. The van der Waals surface area contributed by atoms with Crippen LogP contribution in [0.1, 0.15) is 38.4 Å². The van der Waals surface area contributed by atoms with Gasteiger partial charge in [0.15, 0.2) is 5.82 Å². The normalized spacial score (nSPS) is 20.6. The van der Waals surface area contributed by atoms with E-state index in [4.69, 9.17) is 21.3 Å². The van der Waals surface area contributed by atoms with E-state index in [1.54, 1.807) is 0 Å². The van der Waals surface area contributed by atoms with Gasteiger partial charge in [-0.1, -0.05) is 32.4 Å². The molecule has 1 saturated heterocycles. The Morgan fingerprint density at radius 3 is 2.85 bits per heavy atom.